The Bertz CT molecular complexity index is 588. The lowest BCUT2D eigenvalue weighted by atomic mass is 10.0. The minimum Gasteiger partial charge on any atom is -0.489 e. The van der Waals surface area contributed by atoms with E-state index in [1.54, 1.807) is 0 Å². The van der Waals surface area contributed by atoms with Gasteiger partial charge in [0.15, 0.2) is 0 Å². The van der Waals surface area contributed by atoms with Gasteiger partial charge in [0.2, 0.25) is 0 Å². The van der Waals surface area contributed by atoms with E-state index >= 15 is 0 Å². The van der Waals surface area contributed by atoms with E-state index in [0.717, 1.165) is 42.4 Å². The number of aldehydes is 1. The molecule has 2 heteroatoms. The average molecular weight is 252 g/mol. The van der Waals surface area contributed by atoms with E-state index in [4.69, 9.17) is 4.74 Å². The molecule has 0 saturated carbocycles. The molecule has 2 aromatic carbocycles. The van der Waals surface area contributed by atoms with Crippen LogP contribution in [0.25, 0.3) is 0 Å². The summed E-state index contributed by atoms with van der Waals surface area (Å²) >= 11 is 0. The second kappa shape index (κ2) is 5.27. The van der Waals surface area contributed by atoms with Crippen LogP contribution in [0.3, 0.4) is 0 Å². The topological polar surface area (TPSA) is 26.3 Å². The third kappa shape index (κ3) is 2.39. The lowest BCUT2D eigenvalue weighted by molar-refractivity contribution is 0.112. The molecule has 0 aromatic heterocycles. The van der Waals surface area contributed by atoms with Crippen LogP contribution in [-0.4, -0.2) is 6.29 Å². The molecule has 0 amide bonds. The number of hydrogen-bond donors (Lipinski definition) is 0. The molecule has 0 heterocycles. The van der Waals surface area contributed by atoms with Crippen molar-refractivity contribution in [3.8, 4) is 5.75 Å². The van der Waals surface area contributed by atoms with Crippen LogP contribution in [-0.2, 0) is 19.4 Å². The Morgan fingerprint density at radius 3 is 2.58 bits per heavy atom. The first-order valence-corrected chi connectivity index (χ1v) is 6.65. The second-order valence-electron chi connectivity index (χ2n) is 4.86. The summed E-state index contributed by atoms with van der Waals surface area (Å²) in [4.78, 5) is 11.0. The highest BCUT2D eigenvalue weighted by Gasteiger charge is 2.19. The zero-order valence-electron chi connectivity index (χ0n) is 10.8. The Morgan fingerprint density at radius 2 is 1.79 bits per heavy atom. The quantitative estimate of drug-likeness (QED) is 0.778. The number of ether oxygens (including phenoxy) is 1. The minimum atomic E-state index is 0.577. The van der Waals surface area contributed by atoms with Crippen molar-refractivity contribution in [2.75, 3.05) is 0 Å². The summed E-state index contributed by atoms with van der Waals surface area (Å²) in [6.07, 6.45) is 4.07. The summed E-state index contributed by atoms with van der Waals surface area (Å²) in [5.74, 6) is 0.932. The van der Waals surface area contributed by atoms with Crippen LogP contribution in [0.15, 0.2) is 42.5 Å². The largest absolute Gasteiger partial charge is 0.489 e. The van der Waals surface area contributed by atoms with E-state index in [2.05, 4.69) is 12.1 Å². The highest BCUT2D eigenvalue weighted by molar-refractivity contribution is 5.79. The zero-order valence-corrected chi connectivity index (χ0v) is 10.8. The Balaban J connectivity index is 1.82. The maximum atomic E-state index is 11.0. The number of carbonyl (C=O) groups is 1. The van der Waals surface area contributed by atoms with E-state index in [0.29, 0.717) is 6.61 Å². The molecule has 2 aromatic rings. The molecule has 0 saturated heterocycles. The first-order valence-electron chi connectivity index (χ1n) is 6.65. The molecule has 0 spiro atoms. The molecule has 0 bridgehead atoms. The van der Waals surface area contributed by atoms with Gasteiger partial charge in [-0.05, 0) is 48.1 Å². The first kappa shape index (κ1) is 12.0. The lowest BCUT2D eigenvalue weighted by Gasteiger charge is -2.12. The number of fused-ring (bicyclic) bond motifs is 1. The Hall–Kier alpha value is -2.09. The van der Waals surface area contributed by atoms with Crippen molar-refractivity contribution in [2.45, 2.75) is 25.9 Å². The highest BCUT2D eigenvalue weighted by atomic mass is 16.5. The molecule has 0 unspecified atom stereocenters. The number of hydrogen-bond acceptors (Lipinski definition) is 2. The van der Waals surface area contributed by atoms with Crippen LogP contribution in [0.5, 0.6) is 5.75 Å². The number of benzene rings is 2. The van der Waals surface area contributed by atoms with Crippen molar-refractivity contribution in [1.29, 1.82) is 0 Å². The van der Waals surface area contributed by atoms with E-state index < -0.39 is 0 Å². The smallest absolute Gasteiger partial charge is 0.150 e. The van der Waals surface area contributed by atoms with Crippen LogP contribution in [0.1, 0.15) is 33.5 Å². The van der Waals surface area contributed by atoms with Gasteiger partial charge in [-0.3, -0.25) is 4.79 Å². The Kier molecular flexibility index (Phi) is 3.32. The summed E-state index contributed by atoms with van der Waals surface area (Å²) in [5.41, 5.74) is 4.38. The SMILES string of the molecule is O=Cc1ccc(OCc2ccccc2)c2c1CCC2. The molecule has 2 nitrogen and oxygen atoms in total. The van der Waals surface area contributed by atoms with E-state index in [9.17, 15) is 4.79 Å². The molecule has 0 fully saturated rings. The molecule has 96 valence electrons. The molecular formula is C17H16O2. The van der Waals surface area contributed by atoms with Crippen molar-refractivity contribution in [3.63, 3.8) is 0 Å². The molecule has 0 radical (unpaired) electrons. The predicted molar refractivity (Wildman–Crippen MR) is 74.6 cm³/mol. The van der Waals surface area contributed by atoms with Gasteiger partial charge >= 0.3 is 0 Å². The molecule has 1 aliphatic rings. The van der Waals surface area contributed by atoms with Gasteiger partial charge in [-0.25, -0.2) is 0 Å². The third-order valence-electron chi connectivity index (χ3n) is 3.64. The van der Waals surface area contributed by atoms with Crippen molar-refractivity contribution in [1.82, 2.24) is 0 Å². The standard InChI is InChI=1S/C17H16O2/c18-11-14-9-10-17(16-8-4-7-15(14)16)19-12-13-5-2-1-3-6-13/h1-3,5-6,9-11H,4,7-8,12H2. The van der Waals surface area contributed by atoms with Gasteiger partial charge in [-0.1, -0.05) is 30.3 Å². The van der Waals surface area contributed by atoms with Gasteiger partial charge in [0.05, 0.1) is 0 Å². The summed E-state index contributed by atoms with van der Waals surface area (Å²) in [5, 5.41) is 0. The van der Waals surface area contributed by atoms with Gasteiger partial charge in [0, 0.05) is 5.56 Å². The molecule has 0 atom stereocenters. The lowest BCUT2D eigenvalue weighted by Crippen LogP contribution is -2.00. The minimum absolute atomic E-state index is 0.577. The van der Waals surface area contributed by atoms with Crippen molar-refractivity contribution < 1.29 is 9.53 Å². The van der Waals surface area contributed by atoms with E-state index in [1.165, 1.54) is 11.1 Å². The van der Waals surface area contributed by atoms with Crippen LogP contribution >= 0.6 is 0 Å². The fourth-order valence-corrected chi connectivity index (χ4v) is 2.68. The zero-order chi connectivity index (χ0) is 13.1. The van der Waals surface area contributed by atoms with E-state index in [1.807, 2.05) is 30.3 Å². The molecule has 3 rings (SSSR count). The molecule has 0 aliphatic heterocycles. The fraction of sp³-hybridized carbons (Fsp3) is 0.235. The normalized spacial score (nSPS) is 13.1. The summed E-state index contributed by atoms with van der Waals surface area (Å²) in [7, 11) is 0. The Morgan fingerprint density at radius 1 is 1.00 bits per heavy atom. The summed E-state index contributed by atoms with van der Waals surface area (Å²) in [6, 6.07) is 13.9. The van der Waals surface area contributed by atoms with Gasteiger partial charge in [-0.2, -0.15) is 0 Å². The molecule has 0 N–H and O–H groups in total. The fourth-order valence-electron chi connectivity index (χ4n) is 2.68. The average Bonchev–Trinajstić information content (AvgIpc) is 2.95. The molecular weight excluding hydrogens is 236 g/mol. The summed E-state index contributed by atoms with van der Waals surface area (Å²) in [6.45, 7) is 0.577. The third-order valence-corrected chi connectivity index (χ3v) is 3.64. The van der Waals surface area contributed by atoms with Crippen LogP contribution in [0.4, 0.5) is 0 Å². The van der Waals surface area contributed by atoms with Gasteiger partial charge in [-0.15, -0.1) is 0 Å². The van der Waals surface area contributed by atoms with Crippen molar-refractivity contribution >= 4 is 6.29 Å². The molecule has 1 aliphatic carbocycles. The van der Waals surface area contributed by atoms with Crippen LogP contribution < -0.4 is 4.74 Å². The second-order valence-corrected chi connectivity index (χ2v) is 4.86. The van der Waals surface area contributed by atoms with Gasteiger partial charge in [0.1, 0.15) is 18.6 Å². The maximum Gasteiger partial charge on any atom is 0.150 e. The predicted octanol–water partition coefficient (Wildman–Crippen LogP) is 3.57. The van der Waals surface area contributed by atoms with Crippen molar-refractivity contribution in [3.05, 3.63) is 64.7 Å². The van der Waals surface area contributed by atoms with Gasteiger partial charge < -0.3 is 4.74 Å². The maximum absolute atomic E-state index is 11.0. The Labute approximate surface area is 113 Å². The van der Waals surface area contributed by atoms with Crippen LogP contribution in [0, 0.1) is 0 Å². The summed E-state index contributed by atoms with van der Waals surface area (Å²) < 4.78 is 5.92. The monoisotopic (exact) mass is 252 g/mol. The number of rotatable bonds is 4. The van der Waals surface area contributed by atoms with E-state index in [-0.39, 0.29) is 0 Å². The first-order chi connectivity index (χ1) is 9.38. The van der Waals surface area contributed by atoms with Gasteiger partial charge in [0.25, 0.3) is 0 Å². The number of carbonyl (C=O) groups excluding carboxylic acids is 1. The highest BCUT2D eigenvalue weighted by Crippen LogP contribution is 2.33. The van der Waals surface area contributed by atoms with Crippen molar-refractivity contribution in [2.24, 2.45) is 0 Å². The molecule has 19 heavy (non-hydrogen) atoms. The van der Waals surface area contributed by atoms with Crippen LogP contribution in [0.2, 0.25) is 0 Å².